The first-order valence-corrected chi connectivity index (χ1v) is 6.98. The van der Waals surface area contributed by atoms with E-state index in [9.17, 15) is 9.90 Å². The van der Waals surface area contributed by atoms with Gasteiger partial charge in [0.15, 0.2) is 0 Å². The van der Waals surface area contributed by atoms with Crippen LogP contribution in [-0.2, 0) is 16.0 Å². The van der Waals surface area contributed by atoms with Crippen LogP contribution < -0.4 is 10.2 Å². The number of fused-ring (bicyclic) bond motifs is 1. The number of hydrogen-bond donors (Lipinski definition) is 2. The Balaban J connectivity index is 1.93. The molecule has 1 aliphatic rings. The summed E-state index contributed by atoms with van der Waals surface area (Å²) < 4.78 is 4.93. The number of nitrogens with one attached hydrogen (secondary N) is 1. The minimum atomic E-state index is -0.582. The Kier molecular flexibility index (Phi) is 5.52. The topological polar surface area (TPSA) is 61.8 Å². The molecule has 0 aromatic heterocycles. The maximum atomic E-state index is 12.0. The first-order chi connectivity index (χ1) is 9.72. The number of nitrogens with zero attached hydrogens (tertiary/aromatic N) is 1. The highest BCUT2D eigenvalue weighted by molar-refractivity contribution is 5.96. The van der Waals surface area contributed by atoms with Crippen molar-refractivity contribution >= 4 is 11.6 Å². The minimum Gasteiger partial charge on any atom is -0.390 e. The van der Waals surface area contributed by atoms with Crippen molar-refractivity contribution in [3.05, 3.63) is 29.8 Å². The van der Waals surface area contributed by atoms with Gasteiger partial charge in [0.05, 0.1) is 19.3 Å². The van der Waals surface area contributed by atoms with E-state index in [0.29, 0.717) is 32.7 Å². The SMILES string of the molecule is COCCNCC(O)CN1C(=O)CCc2ccccc21. The van der Waals surface area contributed by atoms with E-state index in [1.807, 2.05) is 24.3 Å². The van der Waals surface area contributed by atoms with E-state index in [4.69, 9.17) is 4.74 Å². The number of carbonyl (C=O) groups is 1. The van der Waals surface area contributed by atoms with E-state index in [0.717, 1.165) is 12.1 Å². The standard InChI is InChI=1S/C15H22N2O3/c1-20-9-8-16-10-13(18)11-17-14-5-3-2-4-12(14)6-7-15(17)19/h2-5,13,16,18H,6-11H2,1H3. The average molecular weight is 278 g/mol. The third-order valence-corrected chi connectivity index (χ3v) is 3.45. The van der Waals surface area contributed by atoms with Crippen LogP contribution in [-0.4, -0.2) is 50.5 Å². The lowest BCUT2D eigenvalue weighted by Crippen LogP contribution is -2.44. The van der Waals surface area contributed by atoms with Gasteiger partial charge in [0.25, 0.3) is 0 Å². The van der Waals surface area contributed by atoms with Crippen molar-refractivity contribution in [1.82, 2.24) is 5.32 Å². The smallest absolute Gasteiger partial charge is 0.227 e. The Morgan fingerprint density at radius 1 is 1.40 bits per heavy atom. The van der Waals surface area contributed by atoms with Crippen LogP contribution in [0.4, 0.5) is 5.69 Å². The van der Waals surface area contributed by atoms with E-state index < -0.39 is 6.10 Å². The Hall–Kier alpha value is -1.43. The van der Waals surface area contributed by atoms with Crippen molar-refractivity contribution in [3.8, 4) is 0 Å². The van der Waals surface area contributed by atoms with Gasteiger partial charge in [-0.3, -0.25) is 4.79 Å². The highest BCUT2D eigenvalue weighted by atomic mass is 16.5. The number of aryl methyl sites for hydroxylation is 1. The molecule has 0 spiro atoms. The summed E-state index contributed by atoms with van der Waals surface area (Å²) in [6.07, 6.45) is 0.719. The molecule has 0 fully saturated rings. The molecule has 1 atom stereocenters. The lowest BCUT2D eigenvalue weighted by Gasteiger charge is -2.31. The van der Waals surface area contributed by atoms with Gasteiger partial charge < -0.3 is 20.1 Å². The van der Waals surface area contributed by atoms with Crippen LogP contribution in [0, 0.1) is 0 Å². The minimum absolute atomic E-state index is 0.0830. The molecule has 0 aliphatic carbocycles. The van der Waals surface area contributed by atoms with Gasteiger partial charge >= 0.3 is 0 Å². The summed E-state index contributed by atoms with van der Waals surface area (Å²) >= 11 is 0. The number of anilines is 1. The number of carbonyl (C=O) groups excluding carboxylic acids is 1. The summed E-state index contributed by atoms with van der Waals surface area (Å²) in [5.41, 5.74) is 2.10. The van der Waals surface area contributed by atoms with E-state index in [-0.39, 0.29) is 5.91 Å². The molecule has 20 heavy (non-hydrogen) atoms. The van der Waals surface area contributed by atoms with Crippen LogP contribution in [0.5, 0.6) is 0 Å². The van der Waals surface area contributed by atoms with Crippen molar-refractivity contribution < 1.29 is 14.6 Å². The molecule has 2 rings (SSSR count). The molecule has 1 aromatic carbocycles. The molecule has 1 heterocycles. The maximum absolute atomic E-state index is 12.0. The summed E-state index contributed by atoms with van der Waals surface area (Å²) in [4.78, 5) is 13.7. The molecule has 1 amide bonds. The van der Waals surface area contributed by atoms with Crippen molar-refractivity contribution in [2.45, 2.75) is 18.9 Å². The lowest BCUT2D eigenvalue weighted by molar-refractivity contribution is -0.119. The average Bonchev–Trinajstić information content (AvgIpc) is 2.47. The highest BCUT2D eigenvalue weighted by Gasteiger charge is 2.25. The normalized spacial score (nSPS) is 16.1. The molecule has 5 heteroatoms. The number of methoxy groups -OCH3 is 1. The molecule has 1 aromatic rings. The first-order valence-electron chi connectivity index (χ1n) is 6.98. The second-order valence-corrected chi connectivity index (χ2v) is 4.98. The van der Waals surface area contributed by atoms with E-state index in [1.54, 1.807) is 12.0 Å². The molecule has 0 saturated carbocycles. The molecule has 2 N–H and O–H groups in total. The number of aliphatic hydroxyl groups is 1. The Bertz CT molecular complexity index is 450. The van der Waals surface area contributed by atoms with Crippen molar-refractivity contribution in [2.75, 3.05) is 38.3 Å². The number of ether oxygens (including phenoxy) is 1. The summed E-state index contributed by atoms with van der Waals surface area (Å²) in [7, 11) is 1.64. The van der Waals surface area contributed by atoms with E-state index >= 15 is 0 Å². The quantitative estimate of drug-likeness (QED) is 0.716. The highest BCUT2D eigenvalue weighted by Crippen LogP contribution is 2.27. The van der Waals surface area contributed by atoms with Gasteiger partial charge in [0, 0.05) is 32.3 Å². The molecule has 0 saturated heterocycles. The fourth-order valence-electron chi connectivity index (χ4n) is 2.41. The van der Waals surface area contributed by atoms with Crippen LogP contribution in [0.1, 0.15) is 12.0 Å². The van der Waals surface area contributed by atoms with Crippen LogP contribution in [0.15, 0.2) is 24.3 Å². The number of amides is 1. The third kappa shape index (κ3) is 3.79. The number of β-amino-alcohol motifs (C(OH)–C–C–N with tert-alkyl or cyclic N) is 1. The second-order valence-electron chi connectivity index (χ2n) is 4.98. The largest absolute Gasteiger partial charge is 0.390 e. The van der Waals surface area contributed by atoms with Gasteiger partial charge in [0.1, 0.15) is 0 Å². The van der Waals surface area contributed by atoms with E-state index in [2.05, 4.69) is 5.32 Å². The number of rotatable bonds is 7. The number of benzene rings is 1. The van der Waals surface area contributed by atoms with Gasteiger partial charge in [-0.1, -0.05) is 18.2 Å². The Labute approximate surface area is 119 Å². The summed E-state index contributed by atoms with van der Waals surface area (Å²) in [6, 6.07) is 7.89. The molecule has 5 nitrogen and oxygen atoms in total. The summed E-state index contributed by atoms with van der Waals surface area (Å²) in [5.74, 6) is 0.0830. The Morgan fingerprint density at radius 2 is 2.20 bits per heavy atom. The zero-order valence-electron chi connectivity index (χ0n) is 11.8. The summed E-state index contributed by atoms with van der Waals surface area (Å²) in [6.45, 7) is 2.08. The van der Waals surface area contributed by atoms with Gasteiger partial charge in [-0.05, 0) is 18.1 Å². The van der Waals surface area contributed by atoms with Gasteiger partial charge in [-0.25, -0.2) is 0 Å². The van der Waals surface area contributed by atoms with Crippen molar-refractivity contribution in [1.29, 1.82) is 0 Å². The van der Waals surface area contributed by atoms with Crippen LogP contribution in [0.25, 0.3) is 0 Å². The zero-order valence-corrected chi connectivity index (χ0v) is 11.8. The van der Waals surface area contributed by atoms with Gasteiger partial charge in [0.2, 0.25) is 5.91 Å². The van der Waals surface area contributed by atoms with Crippen molar-refractivity contribution in [2.24, 2.45) is 0 Å². The fourth-order valence-corrected chi connectivity index (χ4v) is 2.41. The van der Waals surface area contributed by atoms with Gasteiger partial charge in [-0.15, -0.1) is 0 Å². The first kappa shape index (κ1) is 15.0. The predicted octanol–water partition coefficient (Wildman–Crippen LogP) is 0.563. The monoisotopic (exact) mass is 278 g/mol. The molecule has 110 valence electrons. The van der Waals surface area contributed by atoms with E-state index in [1.165, 1.54) is 5.56 Å². The maximum Gasteiger partial charge on any atom is 0.227 e. The van der Waals surface area contributed by atoms with Gasteiger partial charge in [-0.2, -0.15) is 0 Å². The fraction of sp³-hybridized carbons (Fsp3) is 0.533. The van der Waals surface area contributed by atoms with Crippen LogP contribution in [0.2, 0.25) is 0 Å². The van der Waals surface area contributed by atoms with Crippen molar-refractivity contribution in [3.63, 3.8) is 0 Å². The third-order valence-electron chi connectivity index (χ3n) is 3.45. The molecular formula is C15H22N2O3. The molecule has 0 radical (unpaired) electrons. The Morgan fingerprint density at radius 3 is 3.00 bits per heavy atom. The predicted molar refractivity (Wildman–Crippen MR) is 77.9 cm³/mol. The zero-order chi connectivity index (χ0) is 14.4. The van der Waals surface area contributed by atoms with Crippen LogP contribution >= 0.6 is 0 Å². The molecular weight excluding hydrogens is 256 g/mol. The summed E-state index contributed by atoms with van der Waals surface area (Å²) in [5, 5.41) is 13.1. The number of aliphatic hydroxyl groups excluding tert-OH is 1. The molecule has 1 aliphatic heterocycles. The second kappa shape index (κ2) is 7.38. The number of para-hydroxylation sites is 1. The van der Waals surface area contributed by atoms with Crippen LogP contribution in [0.3, 0.4) is 0 Å². The molecule has 0 bridgehead atoms. The number of hydrogen-bond acceptors (Lipinski definition) is 4. The lowest BCUT2D eigenvalue weighted by atomic mass is 10.0. The molecule has 1 unspecified atom stereocenters.